The van der Waals surface area contributed by atoms with E-state index in [1.165, 1.54) is 16.4 Å². The number of rotatable bonds is 9. The lowest BCUT2D eigenvalue weighted by atomic mass is 10.0. The van der Waals surface area contributed by atoms with Crippen LogP contribution in [0.3, 0.4) is 0 Å². The molecule has 0 saturated carbocycles. The van der Waals surface area contributed by atoms with Crippen molar-refractivity contribution < 1.29 is 22.7 Å². The van der Waals surface area contributed by atoms with Crippen LogP contribution in [0.15, 0.2) is 65.6 Å². The molecule has 1 saturated heterocycles. The normalized spacial score (nSPS) is 15.8. The van der Waals surface area contributed by atoms with E-state index >= 15 is 0 Å². The van der Waals surface area contributed by atoms with Gasteiger partial charge in [0.15, 0.2) is 5.13 Å². The molecule has 1 N–H and O–H groups in total. The fraction of sp³-hybridized carbons (Fsp3) is 0.355. The van der Waals surface area contributed by atoms with E-state index in [4.69, 9.17) is 14.5 Å². The molecule has 12 heteroatoms. The van der Waals surface area contributed by atoms with Crippen LogP contribution in [-0.2, 0) is 16.4 Å². The number of thiazole rings is 1. The zero-order valence-corrected chi connectivity index (χ0v) is 25.9. The zero-order chi connectivity index (χ0) is 30.0. The molecule has 0 unspecified atom stereocenters. The molecule has 6 rings (SSSR count). The van der Waals surface area contributed by atoms with Crippen LogP contribution < -0.4 is 24.0 Å². The summed E-state index contributed by atoms with van der Waals surface area (Å²) in [5.41, 5.74) is 3.02. The van der Waals surface area contributed by atoms with Gasteiger partial charge in [-0.25, -0.2) is 13.4 Å². The van der Waals surface area contributed by atoms with Gasteiger partial charge < -0.3 is 19.7 Å². The number of aromatic nitrogens is 1. The second kappa shape index (κ2) is 12.4. The third-order valence-electron chi connectivity index (χ3n) is 8.03. The van der Waals surface area contributed by atoms with Crippen LogP contribution in [0.1, 0.15) is 22.3 Å². The highest BCUT2D eigenvalue weighted by molar-refractivity contribution is 7.92. The molecule has 43 heavy (non-hydrogen) atoms. The van der Waals surface area contributed by atoms with Crippen molar-refractivity contribution in [1.29, 1.82) is 0 Å². The Kier molecular flexibility index (Phi) is 8.42. The minimum atomic E-state index is -3.71. The predicted molar refractivity (Wildman–Crippen MR) is 169 cm³/mol. The smallest absolute Gasteiger partial charge is 0.264 e. The molecule has 1 aromatic heterocycles. The standard InChI is InChI=1S/C31H35N5O5S2/c1-40-26-13-14-27(41-2)29-28(26)33-31(42-29)35-20-18-34(19-21-35)17-15-32-30(37)23-9-11-24(12-10-23)43(38,39)36-16-5-7-22-6-3-4-8-25(22)36/h3-4,6,8-14H,5,7,15-21H2,1-2H3,(H,32,37). The first kappa shape index (κ1) is 29.2. The minimum Gasteiger partial charge on any atom is -0.495 e. The highest BCUT2D eigenvalue weighted by Crippen LogP contribution is 2.40. The fourth-order valence-electron chi connectivity index (χ4n) is 5.66. The van der Waals surface area contributed by atoms with Crippen molar-refractivity contribution in [1.82, 2.24) is 15.2 Å². The van der Waals surface area contributed by atoms with Gasteiger partial charge in [0.2, 0.25) is 0 Å². The molecular formula is C31H35N5O5S2. The van der Waals surface area contributed by atoms with E-state index in [1.54, 1.807) is 37.7 Å². The number of carbonyl (C=O) groups is 1. The number of ether oxygens (including phenoxy) is 2. The Balaban J connectivity index is 1.01. The summed E-state index contributed by atoms with van der Waals surface area (Å²) in [6.07, 6.45) is 1.64. The molecule has 3 aromatic carbocycles. The first-order valence-electron chi connectivity index (χ1n) is 14.4. The van der Waals surface area contributed by atoms with Crippen molar-refractivity contribution in [2.45, 2.75) is 17.7 Å². The molecule has 0 aliphatic carbocycles. The second-order valence-electron chi connectivity index (χ2n) is 10.6. The first-order chi connectivity index (χ1) is 20.9. The lowest BCUT2D eigenvalue weighted by Crippen LogP contribution is -2.48. The number of hydrogen-bond acceptors (Lipinski definition) is 9. The molecule has 0 atom stereocenters. The Labute approximate surface area is 255 Å². The Hall–Kier alpha value is -3.87. The summed E-state index contributed by atoms with van der Waals surface area (Å²) in [6, 6.07) is 17.6. The maximum atomic E-state index is 13.4. The molecule has 226 valence electrons. The van der Waals surface area contributed by atoms with Crippen LogP contribution in [-0.4, -0.2) is 84.2 Å². The van der Waals surface area contributed by atoms with E-state index in [2.05, 4.69) is 15.1 Å². The number of benzene rings is 3. The molecule has 10 nitrogen and oxygen atoms in total. The summed E-state index contributed by atoms with van der Waals surface area (Å²) < 4.78 is 40.3. The summed E-state index contributed by atoms with van der Waals surface area (Å²) in [5, 5.41) is 3.92. The van der Waals surface area contributed by atoms with E-state index in [0.717, 1.165) is 83.7 Å². The van der Waals surface area contributed by atoms with Gasteiger partial charge in [0.05, 0.1) is 24.8 Å². The number of anilines is 2. The topological polar surface area (TPSA) is 104 Å². The molecule has 4 aromatic rings. The molecule has 2 aliphatic heterocycles. The Bertz CT molecular complexity index is 1680. The highest BCUT2D eigenvalue weighted by atomic mass is 32.2. The number of nitrogens with one attached hydrogen (secondary N) is 1. The number of fused-ring (bicyclic) bond motifs is 2. The number of amides is 1. The third kappa shape index (κ3) is 5.86. The summed E-state index contributed by atoms with van der Waals surface area (Å²) in [4.78, 5) is 22.4. The number of nitrogens with zero attached hydrogens (tertiary/aromatic N) is 4. The minimum absolute atomic E-state index is 0.184. The van der Waals surface area contributed by atoms with E-state index in [9.17, 15) is 13.2 Å². The van der Waals surface area contributed by atoms with Crippen LogP contribution in [0.2, 0.25) is 0 Å². The fourth-order valence-corrected chi connectivity index (χ4v) is 8.32. The number of sulfonamides is 1. The molecule has 3 heterocycles. The molecular weight excluding hydrogens is 587 g/mol. The Morgan fingerprint density at radius 3 is 2.40 bits per heavy atom. The number of hydrogen-bond donors (Lipinski definition) is 1. The number of aryl methyl sites for hydroxylation is 1. The van der Waals surface area contributed by atoms with Gasteiger partial charge in [-0.05, 0) is 60.9 Å². The van der Waals surface area contributed by atoms with E-state index in [0.29, 0.717) is 18.7 Å². The first-order valence-corrected chi connectivity index (χ1v) is 16.6. The molecule has 0 radical (unpaired) electrons. The Morgan fingerprint density at radius 2 is 1.65 bits per heavy atom. The van der Waals surface area contributed by atoms with Crippen molar-refractivity contribution >= 4 is 48.3 Å². The quantitative estimate of drug-likeness (QED) is 0.299. The number of para-hydroxylation sites is 1. The van der Waals surface area contributed by atoms with Gasteiger partial charge in [0, 0.05) is 51.4 Å². The van der Waals surface area contributed by atoms with Gasteiger partial charge in [0.1, 0.15) is 21.7 Å². The molecule has 2 aliphatic rings. The number of methoxy groups -OCH3 is 2. The van der Waals surface area contributed by atoms with E-state index < -0.39 is 10.0 Å². The molecule has 1 amide bonds. The largest absolute Gasteiger partial charge is 0.495 e. The SMILES string of the molecule is COc1ccc(OC)c2sc(N3CCN(CCNC(=O)c4ccc(S(=O)(=O)N5CCCc6ccccc65)cc4)CC3)nc12. The monoisotopic (exact) mass is 621 g/mol. The summed E-state index contributed by atoms with van der Waals surface area (Å²) in [7, 11) is -0.408. The molecule has 0 bridgehead atoms. The van der Waals surface area contributed by atoms with Gasteiger partial charge in [0.25, 0.3) is 15.9 Å². The van der Waals surface area contributed by atoms with E-state index in [-0.39, 0.29) is 10.8 Å². The van der Waals surface area contributed by atoms with Crippen molar-refractivity contribution in [3.63, 3.8) is 0 Å². The van der Waals surface area contributed by atoms with Crippen LogP contribution in [0.5, 0.6) is 11.5 Å². The maximum absolute atomic E-state index is 13.4. The van der Waals surface area contributed by atoms with Crippen LogP contribution >= 0.6 is 11.3 Å². The number of carbonyl (C=O) groups excluding carboxylic acids is 1. The summed E-state index contributed by atoms with van der Waals surface area (Å²) >= 11 is 1.61. The van der Waals surface area contributed by atoms with Gasteiger partial charge in [-0.1, -0.05) is 29.5 Å². The summed E-state index contributed by atoms with van der Waals surface area (Å²) in [5.74, 6) is 1.30. The highest BCUT2D eigenvalue weighted by Gasteiger charge is 2.29. The van der Waals surface area contributed by atoms with E-state index in [1.807, 2.05) is 36.4 Å². The summed E-state index contributed by atoms with van der Waals surface area (Å²) in [6.45, 7) is 5.03. The van der Waals surface area contributed by atoms with Gasteiger partial charge in [-0.15, -0.1) is 0 Å². The molecule has 0 spiro atoms. The second-order valence-corrected chi connectivity index (χ2v) is 13.4. The van der Waals surface area contributed by atoms with Gasteiger partial charge >= 0.3 is 0 Å². The molecule has 1 fully saturated rings. The van der Waals surface area contributed by atoms with Crippen molar-refractivity contribution in [3.8, 4) is 11.5 Å². The third-order valence-corrected chi connectivity index (χ3v) is 11.0. The average molecular weight is 622 g/mol. The van der Waals surface area contributed by atoms with Crippen LogP contribution in [0, 0.1) is 0 Å². The lowest BCUT2D eigenvalue weighted by molar-refractivity contribution is 0.0947. The Morgan fingerprint density at radius 1 is 0.930 bits per heavy atom. The maximum Gasteiger partial charge on any atom is 0.264 e. The van der Waals surface area contributed by atoms with Gasteiger partial charge in [-0.2, -0.15) is 0 Å². The lowest BCUT2D eigenvalue weighted by Gasteiger charge is -2.34. The number of piperazine rings is 1. The van der Waals surface area contributed by atoms with Crippen molar-refractivity contribution in [2.24, 2.45) is 0 Å². The van der Waals surface area contributed by atoms with Crippen molar-refractivity contribution in [2.75, 3.05) is 69.2 Å². The average Bonchev–Trinajstić information content (AvgIpc) is 3.50. The van der Waals surface area contributed by atoms with Crippen LogP contribution in [0.4, 0.5) is 10.8 Å². The predicted octanol–water partition coefficient (Wildman–Crippen LogP) is 4.01. The van der Waals surface area contributed by atoms with Crippen LogP contribution in [0.25, 0.3) is 10.2 Å². The van der Waals surface area contributed by atoms with Crippen molar-refractivity contribution in [3.05, 3.63) is 71.8 Å². The zero-order valence-electron chi connectivity index (χ0n) is 24.3. The van der Waals surface area contributed by atoms with Gasteiger partial charge in [-0.3, -0.25) is 14.0 Å².